The van der Waals surface area contributed by atoms with Crippen LogP contribution < -0.4 is 0 Å². The SMILES string of the molecule is Oc1cccc(Cl)c1CN1CCOC2CCCC21. The van der Waals surface area contributed by atoms with Crippen LogP contribution in [0.5, 0.6) is 5.75 Å². The summed E-state index contributed by atoms with van der Waals surface area (Å²) < 4.78 is 5.79. The minimum Gasteiger partial charge on any atom is -0.508 e. The summed E-state index contributed by atoms with van der Waals surface area (Å²) in [7, 11) is 0. The topological polar surface area (TPSA) is 32.7 Å². The lowest BCUT2D eigenvalue weighted by molar-refractivity contribution is -0.0589. The average Bonchev–Trinajstić information content (AvgIpc) is 2.83. The fourth-order valence-corrected chi connectivity index (χ4v) is 3.34. The van der Waals surface area contributed by atoms with Crippen LogP contribution in [-0.4, -0.2) is 35.3 Å². The van der Waals surface area contributed by atoms with Crippen LogP contribution in [0.2, 0.25) is 5.02 Å². The van der Waals surface area contributed by atoms with Crippen molar-refractivity contribution in [2.24, 2.45) is 0 Å². The Morgan fingerprint density at radius 2 is 2.28 bits per heavy atom. The van der Waals surface area contributed by atoms with Gasteiger partial charge < -0.3 is 9.84 Å². The second-order valence-electron chi connectivity index (χ2n) is 5.12. The number of morpholine rings is 1. The number of nitrogens with zero attached hydrogens (tertiary/aromatic N) is 1. The Bertz CT molecular complexity index is 418. The van der Waals surface area contributed by atoms with Crippen molar-refractivity contribution in [2.45, 2.75) is 38.0 Å². The first-order valence-electron chi connectivity index (χ1n) is 6.58. The second-order valence-corrected chi connectivity index (χ2v) is 5.52. The van der Waals surface area contributed by atoms with E-state index >= 15 is 0 Å². The van der Waals surface area contributed by atoms with E-state index in [2.05, 4.69) is 4.90 Å². The van der Waals surface area contributed by atoms with E-state index in [0.29, 0.717) is 22.9 Å². The van der Waals surface area contributed by atoms with Gasteiger partial charge in [0.15, 0.2) is 0 Å². The van der Waals surface area contributed by atoms with E-state index in [0.717, 1.165) is 31.7 Å². The van der Waals surface area contributed by atoms with Crippen molar-refractivity contribution in [3.63, 3.8) is 0 Å². The molecule has 1 aromatic carbocycles. The molecule has 2 unspecified atom stereocenters. The van der Waals surface area contributed by atoms with E-state index < -0.39 is 0 Å². The molecule has 0 aromatic heterocycles. The molecule has 98 valence electrons. The summed E-state index contributed by atoms with van der Waals surface area (Å²) >= 11 is 6.17. The van der Waals surface area contributed by atoms with Crippen LogP contribution >= 0.6 is 11.6 Å². The van der Waals surface area contributed by atoms with Gasteiger partial charge in [-0.1, -0.05) is 17.7 Å². The van der Waals surface area contributed by atoms with Crippen LogP contribution in [0.15, 0.2) is 18.2 Å². The van der Waals surface area contributed by atoms with Crippen LogP contribution in [0, 0.1) is 0 Å². The summed E-state index contributed by atoms with van der Waals surface area (Å²) in [5, 5.41) is 10.6. The standard InChI is InChI=1S/C14H18ClNO2/c15-11-3-1-5-13(17)10(11)9-16-7-8-18-14-6-2-4-12(14)16/h1,3,5,12,14,17H,2,4,6-9H2. The molecule has 1 heterocycles. The summed E-state index contributed by atoms with van der Waals surface area (Å²) in [5.41, 5.74) is 0.840. The molecular weight excluding hydrogens is 250 g/mol. The number of ether oxygens (including phenoxy) is 1. The Balaban J connectivity index is 1.79. The van der Waals surface area contributed by atoms with Gasteiger partial charge in [0.1, 0.15) is 5.75 Å². The maximum absolute atomic E-state index is 9.92. The van der Waals surface area contributed by atoms with Gasteiger partial charge >= 0.3 is 0 Å². The zero-order valence-electron chi connectivity index (χ0n) is 10.3. The zero-order valence-corrected chi connectivity index (χ0v) is 11.1. The summed E-state index contributed by atoms with van der Waals surface area (Å²) in [6.45, 7) is 2.42. The first-order valence-corrected chi connectivity index (χ1v) is 6.95. The van der Waals surface area contributed by atoms with Gasteiger partial charge in [-0.2, -0.15) is 0 Å². The first kappa shape index (κ1) is 12.3. The molecule has 1 saturated heterocycles. The molecular formula is C14H18ClNO2. The molecule has 2 aliphatic rings. The molecule has 3 rings (SSSR count). The number of fused-ring (bicyclic) bond motifs is 1. The van der Waals surface area contributed by atoms with Gasteiger partial charge in [-0.3, -0.25) is 4.90 Å². The second kappa shape index (κ2) is 5.08. The number of halogens is 1. The van der Waals surface area contributed by atoms with Gasteiger partial charge in [0.2, 0.25) is 0 Å². The summed E-state index contributed by atoms with van der Waals surface area (Å²) in [4.78, 5) is 2.40. The maximum atomic E-state index is 9.92. The fourth-order valence-electron chi connectivity index (χ4n) is 3.11. The monoisotopic (exact) mass is 267 g/mol. The number of hydrogen-bond donors (Lipinski definition) is 1. The third-order valence-corrected chi connectivity index (χ3v) is 4.41. The van der Waals surface area contributed by atoms with Crippen molar-refractivity contribution in [1.82, 2.24) is 4.90 Å². The Morgan fingerprint density at radius 3 is 3.11 bits per heavy atom. The lowest BCUT2D eigenvalue weighted by atomic mass is 10.1. The van der Waals surface area contributed by atoms with E-state index in [1.54, 1.807) is 12.1 Å². The molecule has 18 heavy (non-hydrogen) atoms. The fraction of sp³-hybridized carbons (Fsp3) is 0.571. The molecule has 1 N–H and O–H groups in total. The largest absolute Gasteiger partial charge is 0.508 e. The summed E-state index contributed by atoms with van der Waals surface area (Å²) in [6.07, 6.45) is 3.97. The van der Waals surface area contributed by atoms with E-state index in [-0.39, 0.29) is 0 Å². The number of hydrogen-bond acceptors (Lipinski definition) is 3. The molecule has 1 aromatic rings. The highest BCUT2D eigenvalue weighted by atomic mass is 35.5. The number of aromatic hydroxyl groups is 1. The van der Waals surface area contributed by atoms with Gasteiger partial charge in [0.05, 0.1) is 12.7 Å². The summed E-state index contributed by atoms with van der Waals surface area (Å²) in [5.74, 6) is 0.295. The lowest BCUT2D eigenvalue weighted by Crippen LogP contribution is -2.47. The van der Waals surface area contributed by atoms with Gasteiger partial charge in [0, 0.05) is 29.7 Å². The van der Waals surface area contributed by atoms with Crippen molar-refractivity contribution in [2.75, 3.05) is 13.2 Å². The first-order chi connectivity index (χ1) is 8.75. The molecule has 2 atom stereocenters. The third kappa shape index (κ3) is 2.22. The number of phenolic OH excluding ortho intramolecular Hbond substituents is 1. The Kier molecular flexibility index (Phi) is 3.46. The van der Waals surface area contributed by atoms with Crippen molar-refractivity contribution >= 4 is 11.6 Å². The van der Waals surface area contributed by atoms with Crippen LogP contribution in [0.3, 0.4) is 0 Å². The van der Waals surface area contributed by atoms with Crippen LogP contribution in [-0.2, 0) is 11.3 Å². The summed E-state index contributed by atoms with van der Waals surface area (Å²) in [6, 6.07) is 5.81. The molecule has 0 radical (unpaired) electrons. The van der Waals surface area contributed by atoms with Crippen molar-refractivity contribution in [3.05, 3.63) is 28.8 Å². The number of rotatable bonds is 2. The van der Waals surface area contributed by atoms with E-state index in [4.69, 9.17) is 16.3 Å². The molecule has 0 spiro atoms. The highest BCUT2D eigenvalue weighted by molar-refractivity contribution is 6.31. The van der Waals surface area contributed by atoms with Gasteiger partial charge in [-0.15, -0.1) is 0 Å². The average molecular weight is 268 g/mol. The highest BCUT2D eigenvalue weighted by Crippen LogP contribution is 2.33. The molecule has 1 aliphatic carbocycles. The number of benzene rings is 1. The molecule has 0 amide bonds. The smallest absolute Gasteiger partial charge is 0.121 e. The van der Waals surface area contributed by atoms with E-state index in [1.165, 1.54) is 12.8 Å². The quantitative estimate of drug-likeness (QED) is 0.894. The Morgan fingerprint density at radius 1 is 1.39 bits per heavy atom. The van der Waals surface area contributed by atoms with Crippen molar-refractivity contribution in [3.8, 4) is 5.75 Å². The molecule has 2 fully saturated rings. The third-order valence-electron chi connectivity index (χ3n) is 4.05. The zero-order chi connectivity index (χ0) is 12.5. The minimum atomic E-state index is 0.295. The van der Waals surface area contributed by atoms with Crippen LogP contribution in [0.1, 0.15) is 24.8 Å². The normalized spacial score (nSPS) is 28.3. The molecule has 1 aliphatic heterocycles. The van der Waals surface area contributed by atoms with E-state index in [1.807, 2.05) is 6.07 Å². The maximum Gasteiger partial charge on any atom is 0.121 e. The molecule has 1 saturated carbocycles. The van der Waals surface area contributed by atoms with Crippen molar-refractivity contribution in [1.29, 1.82) is 0 Å². The lowest BCUT2D eigenvalue weighted by Gasteiger charge is -2.37. The van der Waals surface area contributed by atoms with Crippen LogP contribution in [0.25, 0.3) is 0 Å². The predicted octanol–water partition coefficient (Wildman–Crippen LogP) is 2.80. The Labute approximate surface area is 112 Å². The molecule has 4 heteroatoms. The van der Waals surface area contributed by atoms with Crippen LogP contribution in [0.4, 0.5) is 0 Å². The number of phenols is 1. The molecule has 3 nitrogen and oxygen atoms in total. The van der Waals surface area contributed by atoms with Gasteiger partial charge in [-0.25, -0.2) is 0 Å². The predicted molar refractivity (Wildman–Crippen MR) is 70.9 cm³/mol. The highest BCUT2D eigenvalue weighted by Gasteiger charge is 2.36. The van der Waals surface area contributed by atoms with Crippen molar-refractivity contribution < 1.29 is 9.84 Å². The van der Waals surface area contributed by atoms with Gasteiger partial charge in [-0.05, 0) is 31.4 Å². The Hall–Kier alpha value is -0.770. The minimum absolute atomic E-state index is 0.295. The molecule has 0 bridgehead atoms. The van der Waals surface area contributed by atoms with Gasteiger partial charge in [0.25, 0.3) is 0 Å². The van der Waals surface area contributed by atoms with E-state index in [9.17, 15) is 5.11 Å².